The van der Waals surface area contributed by atoms with Crippen LogP contribution in [0.4, 0.5) is 0 Å². The van der Waals surface area contributed by atoms with Gasteiger partial charge in [-0.15, -0.1) is 0 Å². The number of fused-ring (bicyclic) bond motifs is 3. The van der Waals surface area contributed by atoms with Crippen LogP contribution in [0.2, 0.25) is 0 Å². The maximum atomic E-state index is 5.54. The summed E-state index contributed by atoms with van der Waals surface area (Å²) in [6.07, 6.45) is 2.08. The lowest BCUT2D eigenvalue weighted by molar-refractivity contribution is 0.414. The van der Waals surface area contributed by atoms with Gasteiger partial charge in [-0.1, -0.05) is 88.4 Å². The molecular weight excluding hydrogens is 440 g/mol. The normalized spacial score (nSPS) is 13.7. The van der Waals surface area contributed by atoms with Crippen molar-refractivity contribution in [3.8, 4) is 22.6 Å². The Hall–Kier alpha value is -3.52. The molecule has 184 valence electrons. The third-order valence-electron chi connectivity index (χ3n) is 8.32. The molecule has 36 heavy (non-hydrogen) atoms. The standard InChI is InChI=1S/C34H36O2/c1-7-23-9-19-29-30-20-14-26(33(3,4)8-2)22-32(30)34(31(29)21-23,24-10-15-27(35-5)16-11-24)25-12-17-28(36-6)18-13-25/h9-22H,7-8H2,1-6H3. The number of benzene rings is 4. The number of aryl methyl sites for hydroxylation is 1. The highest BCUT2D eigenvalue weighted by atomic mass is 16.5. The van der Waals surface area contributed by atoms with Crippen LogP contribution in [0.5, 0.6) is 11.5 Å². The lowest BCUT2D eigenvalue weighted by Crippen LogP contribution is -2.29. The van der Waals surface area contributed by atoms with E-state index in [4.69, 9.17) is 9.47 Å². The third kappa shape index (κ3) is 3.63. The van der Waals surface area contributed by atoms with E-state index in [1.807, 2.05) is 0 Å². The van der Waals surface area contributed by atoms with Crippen molar-refractivity contribution in [2.24, 2.45) is 0 Å². The lowest BCUT2D eigenvalue weighted by Gasteiger charge is -2.35. The smallest absolute Gasteiger partial charge is 0.118 e. The fourth-order valence-corrected chi connectivity index (χ4v) is 5.69. The van der Waals surface area contributed by atoms with Gasteiger partial charge in [-0.25, -0.2) is 0 Å². The molecule has 1 aliphatic carbocycles. The van der Waals surface area contributed by atoms with Gasteiger partial charge in [0.2, 0.25) is 0 Å². The van der Waals surface area contributed by atoms with Crippen LogP contribution in [0, 0.1) is 0 Å². The van der Waals surface area contributed by atoms with Crippen molar-refractivity contribution in [3.63, 3.8) is 0 Å². The van der Waals surface area contributed by atoms with E-state index >= 15 is 0 Å². The van der Waals surface area contributed by atoms with Gasteiger partial charge >= 0.3 is 0 Å². The molecule has 0 atom stereocenters. The van der Waals surface area contributed by atoms with Crippen LogP contribution in [-0.4, -0.2) is 14.2 Å². The van der Waals surface area contributed by atoms with E-state index in [2.05, 4.69) is 113 Å². The highest BCUT2D eigenvalue weighted by Gasteiger charge is 2.46. The van der Waals surface area contributed by atoms with Crippen LogP contribution in [0.3, 0.4) is 0 Å². The first-order valence-corrected chi connectivity index (χ1v) is 13.0. The first-order valence-electron chi connectivity index (χ1n) is 13.0. The van der Waals surface area contributed by atoms with Gasteiger partial charge < -0.3 is 9.47 Å². The molecule has 0 radical (unpaired) electrons. The predicted octanol–water partition coefficient (Wildman–Crippen LogP) is 8.32. The molecule has 0 aliphatic heterocycles. The Morgan fingerprint density at radius 2 is 1.14 bits per heavy atom. The van der Waals surface area contributed by atoms with E-state index in [-0.39, 0.29) is 5.41 Å². The molecule has 4 aromatic carbocycles. The summed E-state index contributed by atoms with van der Waals surface area (Å²) in [5, 5.41) is 0. The first kappa shape index (κ1) is 24.2. The third-order valence-corrected chi connectivity index (χ3v) is 8.32. The number of ether oxygens (including phenoxy) is 2. The van der Waals surface area contributed by atoms with E-state index < -0.39 is 5.41 Å². The predicted molar refractivity (Wildman–Crippen MR) is 150 cm³/mol. The Labute approximate surface area is 215 Å². The molecule has 2 heteroatoms. The van der Waals surface area contributed by atoms with Crippen molar-refractivity contribution < 1.29 is 9.47 Å². The zero-order valence-corrected chi connectivity index (χ0v) is 22.3. The Bertz CT molecular complexity index is 1330. The highest BCUT2D eigenvalue weighted by molar-refractivity contribution is 5.87. The van der Waals surface area contributed by atoms with Crippen molar-refractivity contribution in [1.29, 1.82) is 0 Å². The number of methoxy groups -OCH3 is 2. The summed E-state index contributed by atoms with van der Waals surface area (Å²) in [7, 11) is 3.45. The van der Waals surface area contributed by atoms with E-state index in [1.54, 1.807) is 14.2 Å². The van der Waals surface area contributed by atoms with E-state index in [1.165, 1.54) is 44.5 Å². The summed E-state index contributed by atoms with van der Waals surface area (Å²) in [5.41, 5.74) is 10.2. The fraction of sp³-hybridized carbons (Fsp3) is 0.294. The monoisotopic (exact) mass is 476 g/mol. The molecule has 0 spiro atoms. The molecule has 0 amide bonds. The molecule has 1 aliphatic rings. The first-order chi connectivity index (χ1) is 17.4. The molecule has 0 N–H and O–H groups in total. The Balaban J connectivity index is 1.91. The Morgan fingerprint density at radius 3 is 1.61 bits per heavy atom. The van der Waals surface area contributed by atoms with Gasteiger partial charge in [0.25, 0.3) is 0 Å². The van der Waals surface area contributed by atoms with Crippen molar-refractivity contribution in [2.75, 3.05) is 14.2 Å². The maximum Gasteiger partial charge on any atom is 0.118 e. The zero-order chi connectivity index (χ0) is 25.5. The van der Waals surface area contributed by atoms with Gasteiger partial charge in [-0.3, -0.25) is 0 Å². The molecule has 0 fully saturated rings. The second-order valence-corrected chi connectivity index (χ2v) is 10.4. The lowest BCUT2D eigenvalue weighted by atomic mass is 9.66. The Morgan fingerprint density at radius 1 is 0.639 bits per heavy atom. The number of rotatable bonds is 7. The number of hydrogen-bond donors (Lipinski definition) is 0. The molecule has 0 bridgehead atoms. The quantitative estimate of drug-likeness (QED) is 0.235. The Kier molecular flexibility index (Phi) is 6.16. The SMILES string of the molecule is CCc1ccc2c(c1)C(c1ccc(OC)cc1)(c1ccc(OC)cc1)c1cc(C(C)(C)CC)ccc1-2. The van der Waals surface area contributed by atoms with Crippen molar-refractivity contribution >= 4 is 0 Å². The summed E-state index contributed by atoms with van der Waals surface area (Å²) in [6, 6.07) is 31.5. The van der Waals surface area contributed by atoms with Crippen molar-refractivity contribution in [1.82, 2.24) is 0 Å². The molecule has 4 aromatic rings. The second kappa shape index (κ2) is 9.17. The minimum absolute atomic E-state index is 0.0872. The van der Waals surface area contributed by atoms with Gasteiger partial charge in [0.15, 0.2) is 0 Å². The van der Waals surface area contributed by atoms with Gasteiger partial charge in [-0.05, 0) is 87.0 Å². The largest absolute Gasteiger partial charge is 0.497 e. The molecule has 0 saturated heterocycles. The van der Waals surface area contributed by atoms with Crippen LogP contribution in [0.15, 0.2) is 84.9 Å². The summed E-state index contributed by atoms with van der Waals surface area (Å²) >= 11 is 0. The van der Waals surface area contributed by atoms with Crippen LogP contribution >= 0.6 is 0 Å². The highest BCUT2D eigenvalue weighted by Crippen LogP contribution is 2.57. The van der Waals surface area contributed by atoms with Crippen LogP contribution < -0.4 is 9.47 Å². The van der Waals surface area contributed by atoms with E-state index in [0.717, 1.165) is 24.3 Å². The van der Waals surface area contributed by atoms with Crippen molar-refractivity contribution in [3.05, 3.63) is 118 Å². The zero-order valence-electron chi connectivity index (χ0n) is 22.3. The van der Waals surface area contributed by atoms with E-state index in [9.17, 15) is 0 Å². The molecule has 2 nitrogen and oxygen atoms in total. The van der Waals surface area contributed by atoms with Crippen LogP contribution in [-0.2, 0) is 17.3 Å². The molecule has 0 aromatic heterocycles. The summed E-state index contributed by atoms with van der Waals surface area (Å²) in [5.74, 6) is 1.73. The maximum absolute atomic E-state index is 5.54. The summed E-state index contributed by atoms with van der Waals surface area (Å²) < 4.78 is 11.1. The molecular formula is C34H36O2. The second-order valence-electron chi connectivity index (χ2n) is 10.4. The van der Waals surface area contributed by atoms with Crippen LogP contribution in [0.25, 0.3) is 11.1 Å². The van der Waals surface area contributed by atoms with E-state index in [0.29, 0.717) is 0 Å². The molecule has 5 rings (SSSR count). The molecule has 0 saturated carbocycles. The van der Waals surface area contributed by atoms with Gasteiger partial charge in [-0.2, -0.15) is 0 Å². The van der Waals surface area contributed by atoms with Gasteiger partial charge in [0.05, 0.1) is 19.6 Å². The average molecular weight is 477 g/mol. The van der Waals surface area contributed by atoms with Crippen LogP contribution in [0.1, 0.15) is 67.5 Å². The minimum atomic E-state index is -0.436. The average Bonchev–Trinajstić information content (AvgIpc) is 3.22. The fourth-order valence-electron chi connectivity index (χ4n) is 5.69. The minimum Gasteiger partial charge on any atom is -0.497 e. The van der Waals surface area contributed by atoms with Gasteiger partial charge in [0.1, 0.15) is 11.5 Å². The van der Waals surface area contributed by atoms with Gasteiger partial charge in [0, 0.05) is 0 Å². The summed E-state index contributed by atoms with van der Waals surface area (Å²) in [6.45, 7) is 9.19. The molecule has 0 heterocycles. The van der Waals surface area contributed by atoms with Crippen molar-refractivity contribution in [2.45, 2.75) is 51.4 Å². The number of hydrogen-bond acceptors (Lipinski definition) is 2. The summed E-state index contributed by atoms with van der Waals surface area (Å²) in [4.78, 5) is 0. The molecule has 0 unspecified atom stereocenters. The topological polar surface area (TPSA) is 18.5 Å².